The molecule has 0 spiro atoms. The van der Waals surface area contributed by atoms with Crippen LogP contribution in [0.4, 0.5) is 28.4 Å². The molecule has 0 fully saturated rings. The molecule has 1 aliphatic rings. The third kappa shape index (κ3) is 4.92. The second kappa shape index (κ2) is 10.1. The fraction of sp³-hybridized carbons (Fsp3) is 0.318. The van der Waals surface area contributed by atoms with Gasteiger partial charge in [-0.1, -0.05) is 0 Å². The lowest BCUT2D eigenvalue weighted by atomic mass is 9.95. The molecular formula is C22H20F4N4O2S2. The first-order valence-corrected chi connectivity index (χ1v) is 11.8. The number of esters is 1. The highest BCUT2D eigenvalue weighted by Crippen LogP contribution is 2.38. The Balaban J connectivity index is 1.49. The van der Waals surface area contributed by atoms with Gasteiger partial charge >= 0.3 is 5.97 Å². The van der Waals surface area contributed by atoms with Gasteiger partial charge in [-0.05, 0) is 50.4 Å². The summed E-state index contributed by atoms with van der Waals surface area (Å²) in [5.74, 6) is -6.11. The van der Waals surface area contributed by atoms with Crippen LogP contribution in [0.25, 0.3) is 0 Å². The second-order valence-corrected chi connectivity index (χ2v) is 9.07. The first-order chi connectivity index (χ1) is 16.3. The van der Waals surface area contributed by atoms with Crippen molar-refractivity contribution >= 4 is 45.5 Å². The average Bonchev–Trinajstić information content (AvgIpc) is 3.39. The van der Waals surface area contributed by atoms with Crippen LogP contribution in [0.5, 0.6) is 0 Å². The number of nitrogens with zero attached hydrogens (tertiary/aromatic N) is 2. The van der Waals surface area contributed by atoms with E-state index in [4.69, 9.17) is 17.0 Å². The van der Waals surface area contributed by atoms with Crippen LogP contribution in [0.1, 0.15) is 46.1 Å². The number of rotatable bonds is 6. The number of halogens is 4. The molecule has 0 atom stereocenters. The number of fused-ring (bicyclic) bond motifs is 1. The van der Waals surface area contributed by atoms with E-state index in [-0.39, 0.29) is 23.6 Å². The maximum absolute atomic E-state index is 13.9. The van der Waals surface area contributed by atoms with E-state index in [1.54, 1.807) is 6.92 Å². The van der Waals surface area contributed by atoms with Gasteiger partial charge in [-0.2, -0.15) is 5.10 Å². The van der Waals surface area contributed by atoms with E-state index in [2.05, 4.69) is 15.7 Å². The highest BCUT2D eigenvalue weighted by atomic mass is 32.1. The minimum absolute atomic E-state index is 0.142. The molecule has 2 aromatic heterocycles. The molecule has 0 saturated heterocycles. The summed E-state index contributed by atoms with van der Waals surface area (Å²) in [5.41, 5.74) is 0.682. The van der Waals surface area contributed by atoms with Gasteiger partial charge in [0, 0.05) is 23.2 Å². The van der Waals surface area contributed by atoms with Gasteiger partial charge in [0.2, 0.25) is 0 Å². The number of thiophene rings is 1. The number of aromatic nitrogens is 2. The Bertz CT molecular complexity index is 1230. The Hall–Kier alpha value is -2.99. The van der Waals surface area contributed by atoms with Crippen molar-refractivity contribution in [3.8, 4) is 0 Å². The van der Waals surface area contributed by atoms with Gasteiger partial charge in [-0.25, -0.2) is 22.4 Å². The number of aryl methyl sites for hydroxylation is 1. The highest BCUT2D eigenvalue weighted by molar-refractivity contribution is 7.80. The van der Waals surface area contributed by atoms with E-state index in [9.17, 15) is 22.4 Å². The Morgan fingerprint density at radius 2 is 1.88 bits per heavy atom. The molecule has 4 rings (SSSR count). The highest BCUT2D eigenvalue weighted by Gasteiger charge is 2.27. The van der Waals surface area contributed by atoms with Crippen LogP contribution in [0.3, 0.4) is 0 Å². The summed E-state index contributed by atoms with van der Waals surface area (Å²) >= 11 is 6.80. The summed E-state index contributed by atoms with van der Waals surface area (Å²) in [7, 11) is 0. The summed E-state index contributed by atoms with van der Waals surface area (Å²) in [5, 5.41) is 10.7. The maximum Gasteiger partial charge on any atom is 0.341 e. The summed E-state index contributed by atoms with van der Waals surface area (Å²) in [6.07, 6.45) is 5.09. The Kier molecular flexibility index (Phi) is 7.17. The van der Waals surface area contributed by atoms with Crippen molar-refractivity contribution in [2.24, 2.45) is 0 Å². The topological polar surface area (TPSA) is 68.2 Å². The van der Waals surface area contributed by atoms with E-state index >= 15 is 0 Å². The maximum atomic E-state index is 13.9. The number of thiocarbonyl (C=S) groups is 1. The number of nitrogens with one attached hydrogen (secondary N) is 2. The van der Waals surface area contributed by atoms with Crippen LogP contribution in [-0.2, 0) is 24.1 Å². The number of hydrogen-bond acceptors (Lipinski definition) is 5. The molecule has 3 aromatic rings. The van der Waals surface area contributed by atoms with Crippen molar-refractivity contribution in [1.82, 2.24) is 9.78 Å². The van der Waals surface area contributed by atoms with Gasteiger partial charge in [0.25, 0.3) is 0 Å². The van der Waals surface area contributed by atoms with Crippen molar-refractivity contribution < 1.29 is 27.1 Å². The lowest BCUT2D eigenvalue weighted by molar-refractivity contribution is 0.0526. The second-order valence-electron chi connectivity index (χ2n) is 7.56. The van der Waals surface area contributed by atoms with Gasteiger partial charge < -0.3 is 15.4 Å². The predicted octanol–water partition coefficient (Wildman–Crippen LogP) is 5.41. The number of ether oxygens (including phenoxy) is 1. The monoisotopic (exact) mass is 512 g/mol. The van der Waals surface area contributed by atoms with Gasteiger partial charge in [0.05, 0.1) is 24.3 Å². The number of benzene rings is 1. The smallest absolute Gasteiger partial charge is 0.341 e. The van der Waals surface area contributed by atoms with Crippen molar-refractivity contribution in [1.29, 1.82) is 0 Å². The zero-order valence-electron chi connectivity index (χ0n) is 18.0. The first kappa shape index (κ1) is 24.1. The summed E-state index contributed by atoms with van der Waals surface area (Å²) in [6, 6.07) is 1.63. The minimum atomic E-state index is -1.49. The standard InChI is InChI=1S/C22H20F4N4O2S2/c1-2-32-21(31)17-11-5-3-4-6-15(11)34-20(17)28-22(33)27-16-7-8-30(29-16)10-12-18(25)13(23)9-14(24)19(12)26/h7-9H,2-6,10H2,1H3,(H2,27,28,29,33). The molecule has 0 amide bonds. The normalized spacial score (nSPS) is 12.9. The number of anilines is 2. The molecule has 34 heavy (non-hydrogen) atoms. The molecule has 0 bridgehead atoms. The Labute approximate surface area is 201 Å². The van der Waals surface area contributed by atoms with Gasteiger partial charge in [0.15, 0.2) is 34.2 Å². The van der Waals surface area contributed by atoms with Crippen LogP contribution >= 0.6 is 23.6 Å². The fourth-order valence-corrected chi connectivity index (χ4v) is 5.32. The Morgan fingerprint density at radius 3 is 2.59 bits per heavy atom. The van der Waals surface area contributed by atoms with Crippen molar-refractivity contribution in [3.63, 3.8) is 0 Å². The minimum Gasteiger partial charge on any atom is -0.462 e. The van der Waals surface area contributed by atoms with Gasteiger partial charge in [-0.15, -0.1) is 11.3 Å². The van der Waals surface area contributed by atoms with E-state index in [0.29, 0.717) is 10.6 Å². The Morgan fingerprint density at radius 1 is 1.18 bits per heavy atom. The zero-order chi connectivity index (χ0) is 24.4. The number of carbonyl (C=O) groups excluding carboxylic acids is 1. The first-order valence-electron chi connectivity index (χ1n) is 10.5. The lowest BCUT2D eigenvalue weighted by Crippen LogP contribution is -2.21. The molecule has 1 aliphatic carbocycles. The van der Waals surface area contributed by atoms with Crippen LogP contribution < -0.4 is 10.6 Å². The summed E-state index contributed by atoms with van der Waals surface area (Å²) < 4.78 is 61.1. The van der Waals surface area contributed by atoms with Crippen molar-refractivity contribution in [3.05, 3.63) is 63.2 Å². The molecule has 0 radical (unpaired) electrons. The van der Waals surface area contributed by atoms with E-state index in [0.717, 1.165) is 40.8 Å². The number of carbonyl (C=O) groups is 1. The quantitative estimate of drug-likeness (QED) is 0.199. The molecule has 0 aliphatic heterocycles. The van der Waals surface area contributed by atoms with Crippen LogP contribution in [0, 0.1) is 23.3 Å². The van der Waals surface area contributed by atoms with E-state index < -0.39 is 41.3 Å². The molecule has 1 aromatic carbocycles. The summed E-state index contributed by atoms with van der Waals surface area (Å²) in [4.78, 5) is 13.7. The molecule has 6 nitrogen and oxygen atoms in total. The molecule has 2 N–H and O–H groups in total. The van der Waals surface area contributed by atoms with Crippen molar-refractivity contribution in [2.75, 3.05) is 17.2 Å². The zero-order valence-corrected chi connectivity index (χ0v) is 19.6. The molecule has 0 unspecified atom stereocenters. The molecule has 2 heterocycles. The van der Waals surface area contributed by atoms with Crippen molar-refractivity contribution in [2.45, 2.75) is 39.2 Å². The van der Waals surface area contributed by atoms with E-state index in [1.165, 1.54) is 23.6 Å². The fourth-order valence-electron chi connectivity index (χ4n) is 3.76. The predicted molar refractivity (Wildman–Crippen MR) is 124 cm³/mol. The average molecular weight is 513 g/mol. The number of hydrogen-bond donors (Lipinski definition) is 2. The summed E-state index contributed by atoms with van der Waals surface area (Å²) in [6.45, 7) is 1.46. The van der Waals surface area contributed by atoms with Gasteiger partial charge in [0.1, 0.15) is 5.00 Å². The molecule has 180 valence electrons. The largest absolute Gasteiger partial charge is 0.462 e. The van der Waals surface area contributed by atoms with Crippen LogP contribution in [0.15, 0.2) is 18.3 Å². The lowest BCUT2D eigenvalue weighted by Gasteiger charge is -2.12. The van der Waals surface area contributed by atoms with E-state index in [1.807, 2.05) is 0 Å². The molecular weight excluding hydrogens is 492 g/mol. The molecule has 12 heteroatoms. The molecule has 0 saturated carbocycles. The SMILES string of the molecule is CCOC(=O)c1c(NC(=S)Nc2ccn(Cc3c(F)c(F)cc(F)c3F)n2)sc2c1CCCC2. The van der Waals surface area contributed by atoms with Crippen LogP contribution in [0.2, 0.25) is 0 Å². The third-order valence-electron chi connectivity index (χ3n) is 5.28. The van der Waals surface area contributed by atoms with Crippen LogP contribution in [-0.4, -0.2) is 27.5 Å². The van der Waals surface area contributed by atoms with Gasteiger partial charge in [-0.3, -0.25) is 4.68 Å². The third-order valence-corrected chi connectivity index (χ3v) is 6.69.